The number of hydrogen-bond donors (Lipinski definition) is 2. The number of fused-ring (bicyclic) bond motifs is 1. The van der Waals surface area contributed by atoms with Gasteiger partial charge in [-0.05, 0) is 104 Å². The van der Waals surface area contributed by atoms with Gasteiger partial charge in [-0.2, -0.15) is 0 Å². The van der Waals surface area contributed by atoms with Gasteiger partial charge in [0.1, 0.15) is 11.5 Å². The van der Waals surface area contributed by atoms with E-state index in [1.165, 1.54) is 41.6 Å². The van der Waals surface area contributed by atoms with Crippen molar-refractivity contribution in [1.82, 2.24) is 5.32 Å². The maximum absolute atomic E-state index is 10.0. The molecule has 0 aliphatic carbocycles. The van der Waals surface area contributed by atoms with Crippen LogP contribution in [0.3, 0.4) is 0 Å². The molecule has 3 aromatic carbocycles. The van der Waals surface area contributed by atoms with Crippen molar-refractivity contribution >= 4 is 17.3 Å². The first-order chi connectivity index (χ1) is 16.7. The third kappa shape index (κ3) is 5.51. The number of phenolic OH excluding ortho intramolecular Hbond substituents is 1. The molecule has 2 N–H and O–H groups in total. The molecule has 2 heterocycles. The van der Waals surface area contributed by atoms with E-state index in [1.54, 1.807) is 6.07 Å². The molecule has 178 valence electrons. The maximum atomic E-state index is 10.0. The van der Waals surface area contributed by atoms with Gasteiger partial charge in [-0.3, -0.25) is 0 Å². The molecule has 0 aromatic heterocycles. The van der Waals surface area contributed by atoms with Gasteiger partial charge < -0.3 is 20.1 Å². The summed E-state index contributed by atoms with van der Waals surface area (Å²) in [4.78, 5) is 2.46. The Hall–Kier alpha value is -2.69. The van der Waals surface area contributed by atoms with Crippen LogP contribution in [0.25, 0.3) is 0 Å². The number of piperidine rings is 1. The smallest absolute Gasteiger partial charge is 0.119 e. The molecule has 1 saturated heterocycles. The predicted molar refractivity (Wildman–Crippen MR) is 139 cm³/mol. The third-order valence-corrected chi connectivity index (χ3v) is 7.39. The summed E-state index contributed by atoms with van der Waals surface area (Å²) in [5.74, 6) is 1.27. The van der Waals surface area contributed by atoms with E-state index >= 15 is 0 Å². The predicted octanol–water partition coefficient (Wildman–Crippen LogP) is 6.30. The molecule has 1 fully saturated rings. The number of halogens is 1. The number of aromatic hydroxyl groups is 1. The van der Waals surface area contributed by atoms with E-state index in [0.717, 1.165) is 49.7 Å². The monoisotopic (exact) mass is 476 g/mol. The minimum atomic E-state index is 0.190. The largest absolute Gasteiger partial charge is 0.508 e. The minimum absolute atomic E-state index is 0.190. The molecule has 2 aliphatic heterocycles. The lowest BCUT2D eigenvalue weighted by Crippen LogP contribution is -2.36. The molecular formula is C29H33ClN2O2. The third-order valence-electron chi connectivity index (χ3n) is 7.14. The summed E-state index contributed by atoms with van der Waals surface area (Å²) in [5, 5.41) is 14.3. The van der Waals surface area contributed by atoms with Gasteiger partial charge in [-0.25, -0.2) is 0 Å². The van der Waals surface area contributed by atoms with Gasteiger partial charge in [0.05, 0.1) is 12.6 Å². The van der Waals surface area contributed by atoms with Gasteiger partial charge in [0, 0.05) is 23.3 Å². The van der Waals surface area contributed by atoms with Crippen molar-refractivity contribution in [3.63, 3.8) is 0 Å². The van der Waals surface area contributed by atoms with Crippen molar-refractivity contribution in [2.45, 2.75) is 50.6 Å². The van der Waals surface area contributed by atoms with E-state index in [4.69, 9.17) is 16.3 Å². The Bertz CT molecular complexity index is 1080. The molecule has 5 rings (SSSR count). The van der Waals surface area contributed by atoms with Crippen LogP contribution < -0.4 is 15.0 Å². The Kier molecular flexibility index (Phi) is 7.27. The number of hydrogen-bond acceptors (Lipinski definition) is 4. The Morgan fingerprint density at radius 3 is 2.59 bits per heavy atom. The Balaban J connectivity index is 1.29. The standard InChI is InChI=1S/C29H33ClN2O2/c30-23-6-8-25(9-7-23)32-17-14-22-20-26(33)10-13-28(22)29(32)19-21-4-11-27(12-5-21)34-18-15-24-3-1-2-16-31-24/h4-13,20,24,29,31,33H,1-3,14-19H2. The summed E-state index contributed by atoms with van der Waals surface area (Å²) in [6.45, 7) is 2.79. The number of nitrogens with one attached hydrogen (secondary N) is 1. The fourth-order valence-electron chi connectivity index (χ4n) is 5.29. The van der Waals surface area contributed by atoms with Crippen LogP contribution in [-0.2, 0) is 12.8 Å². The normalized spacial score (nSPS) is 20.1. The molecule has 0 amide bonds. The van der Waals surface area contributed by atoms with E-state index in [9.17, 15) is 5.11 Å². The van der Waals surface area contributed by atoms with Crippen molar-refractivity contribution in [1.29, 1.82) is 0 Å². The summed E-state index contributed by atoms with van der Waals surface area (Å²) >= 11 is 6.15. The number of phenols is 1. The van der Waals surface area contributed by atoms with Crippen LogP contribution >= 0.6 is 11.6 Å². The van der Waals surface area contributed by atoms with Crippen LogP contribution in [0.5, 0.6) is 11.5 Å². The van der Waals surface area contributed by atoms with Gasteiger partial charge in [0.15, 0.2) is 0 Å². The fourth-order valence-corrected chi connectivity index (χ4v) is 5.42. The van der Waals surface area contributed by atoms with Gasteiger partial charge >= 0.3 is 0 Å². The molecule has 4 nitrogen and oxygen atoms in total. The Morgan fingerprint density at radius 1 is 1.00 bits per heavy atom. The number of ether oxygens (including phenoxy) is 1. The zero-order chi connectivity index (χ0) is 23.3. The first-order valence-corrected chi connectivity index (χ1v) is 12.8. The van der Waals surface area contributed by atoms with Crippen molar-refractivity contribution in [3.8, 4) is 11.5 Å². The second-order valence-electron chi connectivity index (χ2n) is 9.45. The minimum Gasteiger partial charge on any atom is -0.508 e. The van der Waals surface area contributed by atoms with Crippen molar-refractivity contribution < 1.29 is 9.84 Å². The second-order valence-corrected chi connectivity index (χ2v) is 9.89. The van der Waals surface area contributed by atoms with E-state index in [2.05, 4.69) is 52.7 Å². The first kappa shape index (κ1) is 23.1. The summed E-state index contributed by atoms with van der Waals surface area (Å²) in [5.41, 5.74) is 4.95. The lowest BCUT2D eigenvalue weighted by molar-refractivity contribution is 0.268. The Labute approximate surface area is 207 Å². The molecule has 2 atom stereocenters. The average Bonchev–Trinajstić information content (AvgIpc) is 2.86. The molecule has 2 unspecified atom stereocenters. The molecular weight excluding hydrogens is 444 g/mol. The van der Waals surface area contributed by atoms with Gasteiger partial charge in [-0.15, -0.1) is 0 Å². The highest BCUT2D eigenvalue weighted by Gasteiger charge is 2.28. The average molecular weight is 477 g/mol. The van der Waals surface area contributed by atoms with Crippen LogP contribution in [0.15, 0.2) is 66.7 Å². The van der Waals surface area contributed by atoms with Gasteiger partial charge in [0.2, 0.25) is 0 Å². The Morgan fingerprint density at radius 2 is 1.82 bits per heavy atom. The van der Waals surface area contributed by atoms with Crippen LogP contribution in [0.4, 0.5) is 5.69 Å². The molecule has 0 radical (unpaired) electrons. The molecule has 0 saturated carbocycles. The second kappa shape index (κ2) is 10.7. The van der Waals surface area contributed by atoms with E-state index in [1.807, 2.05) is 18.2 Å². The molecule has 5 heteroatoms. The van der Waals surface area contributed by atoms with Crippen LogP contribution in [0.2, 0.25) is 5.02 Å². The maximum Gasteiger partial charge on any atom is 0.119 e. The molecule has 2 aliphatic rings. The van der Waals surface area contributed by atoms with Crippen LogP contribution in [0.1, 0.15) is 48.4 Å². The summed E-state index contributed by atoms with van der Waals surface area (Å²) in [6.07, 6.45) is 6.72. The molecule has 34 heavy (non-hydrogen) atoms. The number of nitrogens with zero attached hydrogens (tertiary/aromatic N) is 1. The fraction of sp³-hybridized carbons (Fsp3) is 0.379. The number of benzene rings is 3. The quantitative estimate of drug-likeness (QED) is 0.419. The van der Waals surface area contributed by atoms with Crippen LogP contribution in [0, 0.1) is 0 Å². The summed E-state index contributed by atoms with van der Waals surface area (Å²) < 4.78 is 6.03. The lowest BCUT2D eigenvalue weighted by atomic mass is 9.88. The lowest BCUT2D eigenvalue weighted by Gasteiger charge is -2.39. The summed E-state index contributed by atoms with van der Waals surface area (Å²) in [6, 6.07) is 23.2. The van der Waals surface area contributed by atoms with Crippen molar-refractivity contribution in [2.24, 2.45) is 0 Å². The SMILES string of the molecule is Oc1ccc2c(c1)CCN(c1ccc(Cl)cc1)C2Cc1ccc(OCCC2CCCCN2)cc1. The van der Waals surface area contributed by atoms with Gasteiger partial charge in [0.25, 0.3) is 0 Å². The topological polar surface area (TPSA) is 44.7 Å². The van der Waals surface area contributed by atoms with Crippen LogP contribution in [-0.4, -0.2) is 30.8 Å². The van der Waals surface area contributed by atoms with E-state index in [0.29, 0.717) is 11.8 Å². The van der Waals surface area contributed by atoms with Gasteiger partial charge in [-0.1, -0.05) is 36.2 Å². The molecule has 0 bridgehead atoms. The van der Waals surface area contributed by atoms with Crippen molar-refractivity contribution in [2.75, 3.05) is 24.6 Å². The van der Waals surface area contributed by atoms with E-state index < -0.39 is 0 Å². The van der Waals surface area contributed by atoms with E-state index in [-0.39, 0.29) is 6.04 Å². The highest BCUT2D eigenvalue weighted by Crippen LogP contribution is 2.37. The summed E-state index contributed by atoms with van der Waals surface area (Å²) in [7, 11) is 0. The number of anilines is 1. The molecule has 0 spiro atoms. The highest BCUT2D eigenvalue weighted by atomic mass is 35.5. The van der Waals surface area contributed by atoms with Crippen molar-refractivity contribution in [3.05, 3.63) is 88.4 Å². The highest BCUT2D eigenvalue weighted by molar-refractivity contribution is 6.30. The first-order valence-electron chi connectivity index (χ1n) is 12.4. The zero-order valence-corrected chi connectivity index (χ0v) is 20.3. The number of rotatable bonds is 7. The zero-order valence-electron chi connectivity index (χ0n) is 19.6. The molecule has 3 aromatic rings.